The van der Waals surface area contributed by atoms with Crippen molar-refractivity contribution in [3.8, 4) is 5.75 Å². The molecule has 8 heteroatoms. The van der Waals surface area contributed by atoms with Crippen LogP contribution in [0.25, 0.3) is 0 Å². The standard InChI is InChI=1S/C13H12N2O5S/c1-20-9-5-2-4-8(12(9)15(18)19)14-11(13(16)17)10-6-3-7-21-10/h2-7,11,14H,1H3,(H,16,17). The van der Waals surface area contributed by atoms with Gasteiger partial charge in [0, 0.05) is 4.88 Å². The SMILES string of the molecule is COc1cccc(NC(C(=O)O)c2cccs2)c1[N+](=O)[O-]. The first-order valence-corrected chi connectivity index (χ1v) is 6.76. The molecule has 0 spiro atoms. The monoisotopic (exact) mass is 308 g/mol. The molecule has 110 valence electrons. The first-order chi connectivity index (χ1) is 10.0. The van der Waals surface area contributed by atoms with Crippen LogP contribution in [0.4, 0.5) is 11.4 Å². The molecule has 2 aromatic rings. The van der Waals surface area contributed by atoms with Crippen molar-refractivity contribution in [1.82, 2.24) is 0 Å². The van der Waals surface area contributed by atoms with E-state index in [1.165, 1.54) is 30.6 Å². The molecule has 1 unspecified atom stereocenters. The molecule has 1 heterocycles. The van der Waals surface area contributed by atoms with E-state index in [0.29, 0.717) is 4.88 Å². The third-order valence-corrected chi connectivity index (χ3v) is 3.71. The molecule has 7 nitrogen and oxygen atoms in total. The number of hydrogen-bond donors (Lipinski definition) is 2. The number of ether oxygens (including phenoxy) is 1. The van der Waals surface area contributed by atoms with Crippen molar-refractivity contribution in [2.45, 2.75) is 6.04 Å². The maximum atomic E-state index is 11.4. The van der Waals surface area contributed by atoms with E-state index in [4.69, 9.17) is 4.74 Å². The summed E-state index contributed by atoms with van der Waals surface area (Å²) >= 11 is 1.26. The van der Waals surface area contributed by atoms with Gasteiger partial charge in [0.15, 0.2) is 11.8 Å². The van der Waals surface area contributed by atoms with Crippen LogP contribution in [0.2, 0.25) is 0 Å². The quantitative estimate of drug-likeness (QED) is 0.628. The van der Waals surface area contributed by atoms with Crippen molar-refractivity contribution in [3.63, 3.8) is 0 Å². The largest absolute Gasteiger partial charge is 0.490 e. The summed E-state index contributed by atoms with van der Waals surface area (Å²) in [5, 5.41) is 24.9. The molecule has 0 fully saturated rings. The molecule has 0 amide bonds. The molecule has 0 bridgehead atoms. The van der Waals surface area contributed by atoms with Crippen LogP contribution in [0.3, 0.4) is 0 Å². The average molecular weight is 308 g/mol. The summed E-state index contributed by atoms with van der Waals surface area (Å²) in [4.78, 5) is 22.5. The Balaban J connectivity index is 2.42. The van der Waals surface area contributed by atoms with Gasteiger partial charge >= 0.3 is 11.7 Å². The summed E-state index contributed by atoms with van der Waals surface area (Å²) in [5.41, 5.74) is -0.192. The van der Waals surface area contributed by atoms with Crippen molar-refractivity contribution >= 4 is 28.7 Å². The first kappa shape index (κ1) is 14.8. The van der Waals surface area contributed by atoms with Crippen LogP contribution in [0.5, 0.6) is 5.75 Å². The second kappa shape index (κ2) is 6.23. The predicted octanol–water partition coefficient (Wildman–Crippen LogP) is 2.90. The molecule has 21 heavy (non-hydrogen) atoms. The number of nitrogens with one attached hydrogen (secondary N) is 1. The smallest absolute Gasteiger partial charge is 0.333 e. The Morgan fingerprint density at radius 3 is 2.71 bits per heavy atom. The number of carboxylic acids is 1. The van der Waals surface area contributed by atoms with E-state index in [1.54, 1.807) is 23.6 Å². The van der Waals surface area contributed by atoms with Crippen molar-refractivity contribution in [3.05, 3.63) is 50.7 Å². The number of rotatable bonds is 6. The Labute approximate surface area is 123 Å². The molecule has 0 radical (unpaired) electrons. The molecule has 1 aromatic carbocycles. The van der Waals surface area contributed by atoms with Gasteiger partial charge in [-0.05, 0) is 23.6 Å². The number of hydrogen-bond acceptors (Lipinski definition) is 6. The first-order valence-electron chi connectivity index (χ1n) is 5.88. The molecule has 1 aromatic heterocycles. The summed E-state index contributed by atoms with van der Waals surface area (Å²) in [6.07, 6.45) is 0. The lowest BCUT2D eigenvalue weighted by atomic mass is 10.2. The number of methoxy groups -OCH3 is 1. The Hall–Kier alpha value is -2.61. The van der Waals surface area contributed by atoms with Crippen LogP contribution in [0, 0.1) is 10.1 Å². The highest BCUT2D eigenvalue weighted by Gasteiger charge is 2.26. The highest BCUT2D eigenvalue weighted by Crippen LogP contribution is 2.36. The number of nitro benzene ring substituents is 1. The minimum atomic E-state index is -1.12. The molecule has 2 N–H and O–H groups in total. The van der Waals surface area contributed by atoms with E-state index in [-0.39, 0.29) is 17.1 Å². The highest BCUT2D eigenvalue weighted by atomic mass is 32.1. The summed E-state index contributed by atoms with van der Waals surface area (Å²) in [7, 11) is 1.32. The van der Waals surface area contributed by atoms with Gasteiger partial charge in [0.2, 0.25) is 0 Å². The second-order valence-corrected chi connectivity index (χ2v) is 5.02. The fourth-order valence-electron chi connectivity index (χ4n) is 1.86. The lowest BCUT2D eigenvalue weighted by molar-refractivity contribution is -0.384. The second-order valence-electron chi connectivity index (χ2n) is 4.04. The Morgan fingerprint density at radius 1 is 1.43 bits per heavy atom. The summed E-state index contributed by atoms with van der Waals surface area (Å²) in [6.45, 7) is 0. The molecule has 2 rings (SSSR count). The third-order valence-electron chi connectivity index (χ3n) is 2.78. The maximum absolute atomic E-state index is 11.4. The third kappa shape index (κ3) is 3.11. The van der Waals surface area contributed by atoms with Crippen LogP contribution >= 0.6 is 11.3 Å². The molecular formula is C13H12N2O5S. The number of aliphatic carboxylic acids is 1. The molecule has 0 aliphatic heterocycles. The molecule has 1 atom stereocenters. The van der Waals surface area contributed by atoms with Gasteiger partial charge in [-0.2, -0.15) is 0 Å². The van der Waals surface area contributed by atoms with Crippen LogP contribution in [-0.4, -0.2) is 23.1 Å². The number of nitro groups is 1. The van der Waals surface area contributed by atoms with E-state index in [9.17, 15) is 20.0 Å². The van der Waals surface area contributed by atoms with E-state index in [1.807, 2.05) is 0 Å². The Bertz CT molecular complexity index is 657. The molecule has 0 saturated heterocycles. The predicted molar refractivity (Wildman–Crippen MR) is 78.0 cm³/mol. The van der Waals surface area contributed by atoms with Gasteiger partial charge in [0.25, 0.3) is 0 Å². The van der Waals surface area contributed by atoms with Crippen LogP contribution in [-0.2, 0) is 4.79 Å². The summed E-state index contributed by atoms with van der Waals surface area (Å²) in [6, 6.07) is 6.77. The minimum Gasteiger partial charge on any atom is -0.490 e. The lowest BCUT2D eigenvalue weighted by Crippen LogP contribution is -2.20. The van der Waals surface area contributed by atoms with Gasteiger partial charge in [0.05, 0.1) is 12.0 Å². The number of anilines is 1. The summed E-state index contributed by atoms with van der Waals surface area (Å²) < 4.78 is 4.95. The van der Waals surface area contributed by atoms with Gasteiger partial charge in [0.1, 0.15) is 5.69 Å². The average Bonchev–Trinajstić information content (AvgIpc) is 2.97. The zero-order valence-electron chi connectivity index (χ0n) is 11.0. The fourth-order valence-corrected chi connectivity index (χ4v) is 2.62. The molecular weight excluding hydrogens is 296 g/mol. The van der Waals surface area contributed by atoms with Crippen molar-refractivity contribution in [2.24, 2.45) is 0 Å². The van der Waals surface area contributed by atoms with E-state index in [2.05, 4.69) is 5.32 Å². The van der Waals surface area contributed by atoms with Gasteiger partial charge in [-0.25, -0.2) is 4.79 Å². The highest BCUT2D eigenvalue weighted by molar-refractivity contribution is 7.10. The van der Waals surface area contributed by atoms with Crippen LogP contribution in [0.15, 0.2) is 35.7 Å². The number of carbonyl (C=O) groups is 1. The topological polar surface area (TPSA) is 102 Å². The zero-order chi connectivity index (χ0) is 15.4. The summed E-state index contributed by atoms with van der Waals surface area (Å²) in [5.74, 6) is -1.05. The molecule has 0 aliphatic rings. The van der Waals surface area contributed by atoms with E-state index in [0.717, 1.165) is 0 Å². The van der Waals surface area contributed by atoms with E-state index >= 15 is 0 Å². The zero-order valence-corrected chi connectivity index (χ0v) is 11.8. The Morgan fingerprint density at radius 2 is 2.19 bits per heavy atom. The van der Waals surface area contributed by atoms with Crippen molar-refractivity contribution < 1.29 is 19.6 Å². The van der Waals surface area contributed by atoms with Gasteiger partial charge in [-0.15, -0.1) is 11.3 Å². The minimum absolute atomic E-state index is 0.0697. The van der Waals surface area contributed by atoms with E-state index < -0.39 is 16.9 Å². The van der Waals surface area contributed by atoms with Gasteiger partial charge in [-0.3, -0.25) is 10.1 Å². The number of carboxylic acid groups (broad SMARTS) is 1. The fraction of sp³-hybridized carbons (Fsp3) is 0.154. The van der Waals surface area contributed by atoms with Crippen LogP contribution < -0.4 is 10.1 Å². The Kier molecular flexibility index (Phi) is 4.39. The maximum Gasteiger partial charge on any atom is 0.333 e. The normalized spacial score (nSPS) is 11.7. The molecule has 0 aliphatic carbocycles. The number of benzene rings is 1. The van der Waals surface area contributed by atoms with Gasteiger partial charge in [-0.1, -0.05) is 12.1 Å². The van der Waals surface area contributed by atoms with Gasteiger partial charge < -0.3 is 15.2 Å². The number of para-hydroxylation sites is 1. The number of thiophene rings is 1. The van der Waals surface area contributed by atoms with Crippen LogP contribution in [0.1, 0.15) is 10.9 Å². The van der Waals surface area contributed by atoms with Crippen molar-refractivity contribution in [1.29, 1.82) is 0 Å². The van der Waals surface area contributed by atoms with Crippen molar-refractivity contribution in [2.75, 3.05) is 12.4 Å². The molecule has 0 saturated carbocycles. The number of nitrogens with zero attached hydrogens (tertiary/aromatic N) is 1. The lowest BCUT2D eigenvalue weighted by Gasteiger charge is -2.15.